The van der Waals surface area contributed by atoms with Crippen molar-refractivity contribution in [3.05, 3.63) is 60.7 Å². The minimum atomic E-state index is 1.18. The lowest BCUT2D eigenvalue weighted by Crippen LogP contribution is -2.07. The van der Waals surface area contributed by atoms with Gasteiger partial charge < -0.3 is 0 Å². The molecule has 2 aromatic rings. The monoisotopic (exact) mass is 537 g/mol. The first-order chi connectivity index (χ1) is 18.9. The highest BCUT2D eigenvalue weighted by Gasteiger charge is 2.09. The third kappa shape index (κ3) is 17.2. The summed E-state index contributed by atoms with van der Waals surface area (Å²) in [5.74, 6) is 1.18. The van der Waals surface area contributed by atoms with Gasteiger partial charge in [0.2, 0.25) is 0 Å². The number of benzene rings is 2. The summed E-state index contributed by atoms with van der Waals surface area (Å²) in [7, 11) is 0. The van der Waals surface area contributed by atoms with Crippen LogP contribution in [0.1, 0.15) is 148 Å². The molecule has 0 aliphatic heterocycles. The molecule has 38 heavy (non-hydrogen) atoms. The van der Waals surface area contributed by atoms with Crippen LogP contribution in [0.2, 0.25) is 0 Å². The molecule has 214 valence electrons. The van der Waals surface area contributed by atoms with Crippen LogP contribution < -0.4 is 4.31 Å². The lowest BCUT2D eigenvalue weighted by Gasteiger charge is -2.23. The van der Waals surface area contributed by atoms with E-state index in [1.165, 1.54) is 158 Å². The zero-order chi connectivity index (χ0) is 26.8. The fourth-order valence-electron chi connectivity index (χ4n) is 5.29. The number of hydrogen-bond donors (Lipinski definition) is 0. The number of unbranched alkanes of at least 4 members (excludes halogenated alkanes) is 21. The predicted octanol–water partition coefficient (Wildman–Crippen LogP) is 13.1. The Kier molecular flexibility index (Phi) is 21.2. The van der Waals surface area contributed by atoms with Crippen molar-refractivity contribution >= 4 is 23.3 Å². The van der Waals surface area contributed by atoms with Crippen molar-refractivity contribution in [2.24, 2.45) is 0 Å². The van der Waals surface area contributed by atoms with Crippen LogP contribution in [0.5, 0.6) is 0 Å². The second-order valence-electron chi connectivity index (χ2n) is 11.2. The van der Waals surface area contributed by atoms with E-state index >= 15 is 0 Å². The number of rotatable bonds is 26. The quantitative estimate of drug-likeness (QED) is 0.0867. The van der Waals surface area contributed by atoms with Gasteiger partial charge in [-0.05, 0) is 42.6 Å². The molecule has 2 rings (SSSR count). The Morgan fingerprint density at radius 2 is 0.684 bits per heavy atom. The van der Waals surface area contributed by atoms with E-state index in [0.717, 1.165) is 0 Å². The lowest BCUT2D eigenvalue weighted by atomic mass is 10.0. The second-order valence-corrected chi connectivity index (χ2v) is 12.3. The average Bonchev–Trinajstić information content (AvgIpc) is 2.96. The summed E-state index contributed by atoms with van der Waals surface area (Å²) in [6.45, 7) is 2.30. The van der Waals surface area contributed by atoms with Gasteiger partial charge in [0.05, 0.1) is 11.4 Å². The van der Waals surface area contributed by atoms with Crippen LogP contribution in [-0.2, 0) is 0 Å². The molecule has 2 heteroatoms. The van der Waals surface area contributed by atoms with Gasteiger partial charge in [-0.25, -0.2) is 0 Å². The highest BCUT2D eigenvalue weighted by atomic mass is 32.2. The van der Waals surface area contributed by atoms with E-state index in [2.05, 4.69) is 71.9 Å². The fourth-order valence-corrected chi connectivity index (χ4v) is 6.35. The van der Waals surface area contributed by atoms with Crippen molar-refractivity contribution < 1.29 is 0 Å². The van der Waals surface area contributed by atoms with Crippen LogP contribution in [-0.4, -0.2) is 5.75 Å². The Bertz CT molecular complexity index is 692. The van der Waals surface area contributed by atoms with E-state index < -0.39 is 0 Å². The van der Waals surface area contributed by atoms with E-state index in [9.17, 15) is 0 Å². The minimum absolute atomic E-state index is 1.18. The second kappa shape index (κ2) is 24.6. The predicted molar refractivity (Wildman–Crippen MR) is 175 cm³/mol. The van der Waals surface area contributed by atoms with Gasteiger partial charge in [0.25, 0.3) is 0 Å². The molecule has 1 nitrogen and oxygen atoms in total. The zero-order valence-corrected chi connectivity index (χ0v) is 25.7. The standard InChI is InChI=1S/C36H59NS/c1-2-3-4-5-6-7-8-9-10-11-12-13-14-15-16-17-18-19-20-21-22-29-34-38-37(35-30-25-23-26-31-35)36-32-27-24-28-33-36/h23-28,30-33H,2-22,29,34H2,1H3. The smallest absolute Gasteiger partial charge is 0.0525 e. The van der Waals surface area contributed by atoms with Gasteiger partial charge in [-0.15, -0.1) is 0 Å². The molecule has 0 unspecified atom stereocenters. The van der Waals surface area contributed by atoms with E-state index in [-0.39, 0.29) is 0 Å². The van der Waals surface area contributed by atoms with Gasteiger partial charge >= 0.3 is 0 Å². The molecule has 0 atom stereocenters. The van der Waals surface area contributed by atoms with Gasteiger partial charge in [-0.2, -0.15) is 0 Å². The van der Waals surface area contributed by atoms with E-state index in [1.54, 1.807) is 0 Å². The van der Waals surface area contributed by atoms with Crippen molar-refractivity contribution in [2.45, 2.75) is 148 Å². The van der Waals surface area contributed by atoms with Crippen molar-refractivity contribution in [2.75, 3.05) is 10.1 Å². The van der Waals surface area contributed by atoms with Crippen LogP contribution in [0.4, 0.5) is 11.4 Å². The molecule has 0 spiro atoms. The SMILES string of the molecule is CCCCCCCCCCCCCCCCCCCCCCCCSN(c1ccccc1)c1ccccc1. The molecule has 0 saturated heterocycles. The third-order valence-corrected chi connectivity index (χ3v) is 8.85. The molecule has 0 radical (unpaired) electrons. The summed E-state index contributed by atoms with van der Waals surface area (Å²) >= 11 is 1.95. The molecule has 2 aromatic carbocycles. The third-order valence-electron chi connectivity index (χ3n) is 7.70. The molecule has 0 amide bonds. The number of hydrogen-bond acceptors (Lipinski definition) is 2. The topological polar surface area (TPSA) is 3.24 Å². The summed E-state index contributed by atoms with van der Waals surface area (Å²) < 4.78 is 2.39. The Morgan fingerprint density at radius 3 is 1.00 bits per heavy atom. The summed E-state index contributed by atoms with van der Waals surface area (Å²) in [6, 6.07) is 21.5. The van der Waals surface area contributed by atoms with E-state index in [0.29, 0.717) is 0 Å². The Hall–Kier alpha value is -1.41. The Morgan fingerprint density at radius 1 is 0.395 bits per heavy atom. The molecule has 0 saturated carbocycles. The molecule has 0 bridgehead atoms. The summed E-state index contributed by atoms with van der Waals surface area (Å²) in [5.41, 5.74) is 2.53. The van der Waals surface area contributed by atoms with Crippen molar-refractivity contribution in [3.63, 3.8) is 0 Å². The molecular weight excluding hydrogens is 478 g/mol. The Balaban J connectivity index is 1.32. The highest BCUT2D eigenvalue weighted by Crippen LogP contribution is 2.32. The van der Waals surface area contributed by atoms with E-state index in [4.69, 9.17) is 0 Å². The molecule has 0 N–H and O–H groups in total. The maximum Gasteiger partial charge on any atom is 0.0525 e. The number of anilines is 2. The fraction of sp³-hybridized carbons (Fsp3) is 0.667. The van der Waals surface area contributed by atoms with Crippen molar-refractivity contribution in [1.29, 1.82) is 0 Å². The lowest BCUT2D eigenvalue weighted by molar-refractivity contribution is 0.520. The average molecular weight is 538 g/mol. The van der Waals surface area contributed by atoms with Crippen LogP contribution in [0, 0.1) is 0 Å². The minimum Gasteiger partial charge on any atom is -0.285 e. The Labute approximate surface area is 241 Å². The maximum absolute atomic E-state index is 2.39. The van der Waals surface area contributed by atoms with Crippen molar-refractivity contribution in [3.8, 4) is 0 Å². The van der Waals surface area contributed by atoms with Gasteiger partial charge in [0, 0.05) is 5.75 Å². The van der Waals surface area contributed by atoms with Gasteiger partial charge in [0.1, 0.15) is 0 Å². The largest absolute Gasteiger partial charge is 0.285 e. The summed E-state index contributed by atoms with van der Waals surface area (Å²) in [6.07, 6.45) is 31.8. The summed E-state index contributed by atoms with van der Waals surface area (Å²) in [5, 5.41) is 0. The molecule has 0 fully saturated rings. The van der Waals surface area contributed by atoms with Crippen molar-refractivity contribution in [1.82, 2.24) is 0 Å². The van der Waals surface area contributed by atoms with Gasteiger partial charge in [0.15, 0.2) is 0 Å². The van der Waals surface area contributed by atoms with Crippen LogP contribution in [0.3, 0.4) is 0 Å². The molecular formula is C36H59NS. The van der Waals surface area contributed by atoms with Crippen LogP contribution >= 0.6 is 11.9 Å². The summed E-state index contributed by atoms with van der Waals surface area (Å²) in [4.78, 5) is 0. The number of para-hydroxylation sites is 2. The first-order valence-corrected chi connectivity index (χ1v) is 17.4. The van der Waals surface area contributed by atoms with Gasteiger partial charge in [-0.1, -0.05) is 178 Å². The van der Waals surface area contributed by atoms with Crippen LogP contribution in [0.25, 0.3) is 0 Å². The molecule has 0 heterocycles. The molecule has 0 aliphatic carbocycles. The molecule has 0 aliphatic rings. The zero-order valence-electron chi connectivity index (χ0n) is 24.9. The van der Waals surface area contributed by atoms with E-state index in [1.807, 2.05) is 11.9 Å². The molecule has 0 aromatic heterocycles. The first-order valence-electron chi connectivity index (χ1n) is 16.4. The van der Waals surface area contributed by atoms with Gasteiger partial charge in [-0.3, -0.25) is 4.31 Å². The maximum atomic E-state index is 2.39. The normalized spacial score (nSPS) is 11.2. The highest BCUT2D eigenvalue weighted by molar-refractivity contribution is 8.00. The first kappa shape index (κ1) is 32.8. The number of nitrogens with zero attached hydrogens (tertiary/aromatic N) is 1. The van der Waals surface area contributed by atoms with Crippen LogP contribution in [0.15, 0.2) is 60.7 Å².